The first kappa shape index (κ1) is 16.2. The molecule has 0 saturated carbocycles. The number of furan rings is 1. The Balaban J connectivity index is 1.75. The van der Waals surface area contributed by atoms with E-state index in [9.17, 15) is 9.59 Å². The number of carbonyl (C=O) groups is 2. The second-order valence-electron chi connectivity index (χ2n) is 4.75. The van der Waals surface area contributed by atoms with Crippen molar-refractivity contribution < 1.29 is 14.0 Å². The van der Waals surface area contributed by atoms with Crippen molar-refractivity contribution in [2.45, 2.75) is 6.92 Å². The molecule has 0 atom stereocenters. The maximum Gasteiger partial charge on any atom is 0.287 e. The van der Waals surface area contributed by atoms with Crippen LogP contribution in [0.1, 0.15) is 23.0 Å². The minimum absolute atomic E-state index is 0.156. The van der Waals surface area contributed by atoms with Gasteiger partial charge in [0, 0.05) is 0 Å². The normalized spacial score (nSPS) is 11.4. The van der Waals surface area contributed by atoms with E-state index < -0.39 is 11.8 Å². The fourth-order valence-electron chi connectivity index (χ4n) is 1.75. The number of allylic oxidation sites excluding steroid dienone is 1. The SMILES string of the molecule is CC(/C=N\NC(=O)CNC(=O)c1ccco1)=C\c1ccccc1. The first-order valence-corrected chi connectivity index (χ1v) is 7.02. The summed E-state index contributed by atoms with van der Waals surface area (Å²) in [5.41, 5.74) is 4.28. The van der Waals surface area contributed by atoms with Gasteiger partial charge in [-0.1, -0.05) is 36.4 Å². The van der Waals surface area contributed by atoms with Crippen LogP contribution in [0.5, 0.6) is 0 Å². The quantitative estimate of drug-likeness (QED) is 0.634. The predicted octanol–water partition coefficient (Wildman–Crippen LogP) is 2.21. The largest absolute Gasteiger partial charge is 0.459 e. The number of benzene rings is 1. The van der Waals surface area contributed by atoms with E-state index in [2.05, 4.69) is 15.8 Å². The van der Waals surface area contributed by atoms with Crippen LogP contribution >= 0.6 is 0 Å². The average molecular weight is 311 g/mol. The third kappa shape index (κ3) is 5.62. The molecule has 1 aromatic carbocycles. The molecule has 0 unspecified atom stereocenters. The molecule has 2 amide bonds. The van der Waals surface area contributed by atoms with Crippen LogP contribution in [0.25, 0.3) is 6.08 Å². The summed E-state index contributed by atoms with van der Waals surface area (Å²) in [6, 6.07) is 12.9. The zero-order valence-electron chi connectivity index (χ0n) is 12.7. The highest BCUT2D eigenvalue weighted by molar-refractivity contribution is 5.94. The topological polar surface area (TPSA) is 83.7 Å². The van der Waals surface area contributed by atoms with Gasteiger partial charge in [0.25, 0.3) is 11.8 Å². The van der Waals surface area contributed by atoms with Crippen molar-refractivity contribution >= 4 is 24.1 Å². The summed E-state index contributed by atoms with van der Waals surface area (Å²) in [6.07, 6.45) is 4.87. The molecule has 0 spiro atoms. The summed E-state index contributed by atoms with van der Waals surface area (Å²) in [6.45, 7) is 1.69. The van der Waals surface area contributed by atoms with E-state index in [0.29, 0.717) is 0 Å². The minimum Gasteiger partial charge on any atom is -0.459 e. The van der Waals surface area contributed by atoms with Crippen molar-refractivity contribution in [2.75, 3.05) is 6.54 Å². The molecular formula is C17H17N3O3. The van der Waals surface area contributed by atoms with Crippen LogP contribution in [0, 0.1) is 0 Å². The van der Waals surface area contributed by atoms with Gasteiger partial charge in [0.1, 0.15) is 0 Å². The molecule has 0 saturated heterocycles. The molecule has 1 heterocycles. The fourth-order valence-corrected chi connectivity index (χ4v) is 1.75. The molecule has 118 valence electrons. The minimum atomic E-state index is -0.450. The molecule has 2 aromatic rings. The Kier molecular flexibility index (Phi) is 5.88. The van der Waals surface area contributed by atoms with Gasteiger partial charge in [-0.25, -0.2) is 5.43 Å². The molecule has 0 radical (unpaired) electrons. The summed E-state index contributed by atoms with van der Waals surface area (Å²) in [4.78, 5) is 23.1. The van der Waals surface area contributed by atoms with Crippen LogP contribution in [0.15, 0.2) is 63.8 Å². The van der Waals surface area contributed by atoms with E-state index in [1.165, 1.54) is 12.3 Å². The molecule has 2 N–H and O–H groups in total. The Labute approximate surface area is 133 Å². The van der Waals surface area contributed by atoms with Crippen molar-refractivity contribution in [1.82, 2.24) is 10.7 Å². The molecule has 0 aliphatic rings. The lowest BCUT2D eigenvalue weighted by molar-refractivity contribution is -0.120. The zero-order valence-corrected chi connectivity index (χ0v) is 12.7. The van der Waals surface area contributed by atoms with E-state index >= 15 is 0 Å². The summed E-state index contributed by atoms with van der Waals surface area (Å²) >= 11 is 0. The van der Waals surface area contributed by atoms with Gasteiger partial charge < -0.3 is 9.73 Å². The van der Waals surface area contributed by atoms with E-state index in [1.54, 1.807) is 12.3 Å². The number of nitrogens with zero attached hydrogens (tertiary/aromatic N) is 1. The Morgan fingerprint density at radius 3 is 2.65 bits per heavy atom. The fraction of sp³-hybridized carbons (Fsp3) is 0.118. The second-order valence-corrected chi connectivity index (χ2v) is 4.75. The first-order chi connectivity index (χ1) is 11.1. The smallest absolute Gasteiger partial charge is 0.287 e. The number of carbonyl (C=O) groups excluding carboxylic acids is 2. The maximum absolute atomic E-state index is 11.6. The van der Waals surface area contributed by atoms with Crippen molar-refractivity contribution in [3.63, 3.8) is 0 Å². The zero-order chi connectivity index (χ0) is 16.5. The van der Waals surface area contributed by atoms with Gasteiger partial charge in [0.15, 0.2) is 5.76 Å². The lowest BCUT2D eigenvalue weighted by Crippen LogP contribution is -2.34. The summed E-state index contributed by atoms with van der Waals surface area (Å²) in [5, 5.41) is 6.27. The van der Waals surface area contributed by atoms with Gasteiger partial charge >= 0.3 is 0 Å². The molecule has 23 heavy (non-hydrogen) atoms. The van der Waals surface area contributed by atoms with Gasteiger partial charge in [-0.2, -0.15) is 5.10 Å². The van der Waals surface area contributed by atoms with Gasteiger partial charge in [-0.3, -0.25) is 9.59 Å². The van der Waals surface area contributed by atoms with Gasteiger partial charge in [0.2, 0.25) is 0 Å². The molecule has 2 rings (SSSR count). The highest BCUT2D eigenvalue weighted by Gasteiger charge is 2.09. The number of hydrogen-bond acceptors (Lipinski definition) is 4. The Morgan fingerprint density at radius 2 is 1.96 bits per heavy atom. The predicted molar refractivity (Wildman–Crippen MR) is 87.8 cm³/mol. The molecule has 0 bridgehead atoms. The molecule has 1 aromatic heterocycles. The third-order valence-corrected chi connectivity index (χ3v) is 2.81. The highest BCUT2D eigenvalue weighted by Crippen LogP contribution is 2.04. The summed E-state index contributed by atoms with van der Waals surface area (Å²) in [7, 11) is 0. The van der Waals surface area contributed by atoms with Crippen LogP contribution in [-0.2, 0) is 4.79 Å². The lowest BCUT2D eigenvalue weighted by atomic mass is 10.1. The van der Waals surface area contributed by atoms with Crippen LogP contribution in [0.4, 0.5) is 0 Å². The van der Waals surface area contributed by atoms with Crippen molar-refractivity contribution in [1.29, 1.82) is 0 Å². The molecule has 6 heteroatoms. The Hall–Kier alpha value is -3.15. The van der Waals surface area contributed by atoms with Crippen molar-refractivity contribution in [3.8, 4) is 0 Å². The molecule has 0 aliphatic carbocycles. The lowest BCUT2D eigenvalue weighted by Gasteiger charge is -2.01. The second kappa shape index (κ2) is 8.33. The monoisotopic (exact) mass is 311 g/mol. The van der Waals surface area contributed by atoms with Gasteiger partial charge in [-0.05, 0) is 30.2 Å². The van der Waals surface area contributed by atoms with E-state index in [0.717, 1.165) is 11.1 Å². The van der Waals surface area contributed by atoms with Crippen molar-refractivity contribution in [2.24, 2.45) is 5.10 Å². The van der Waals surface area contributed by atoms with Gasteiger partial charge in [0.05, 0.1) is 19.0 Å². The van der Waals surface area contributed by atoms with Crippen LogP contribution < -0.4 is 10.7 Å². The van der Waals surface area contributed by atoms with Crippen molar-refractivity contribution in [3.05, 3.63) is 65.6 Å². The number of hydrogen-bond donors (Lipinski definition) is 2. The summed E-state index contributed by atoms with van der Waals surface area (Å²) in [5.74, 6) is -0.717. The Bertz CT molecular complexity index is 704. The molecule has 6 nitrogen and oxygen atoms in total. The van der Waals surface area contributed by atoms with E-state index in [-0.39, 0.29) is 12.3 Å². The maximum atomic E-state index is 11.6. The first-order valence-electron chi connectivity index (χ1n) is 7.02. The Morgan fingerprint density at radius 1 is 1.17 bits per heavy atom. The number of nitrogens with one attached hydrogen (secondary N) is 2. The van der Waals surface area contributed by atoms with Crippen LogP contribution in [0.3, 0.4) is 0 Å². The summed E-state index contributed by atoms with van der Waals surface area (Å²) < 4.78 is 4.92. The van der Waals surface area contributed by atoms with E-state index in [4.69, 9.17) is 4.42 Å². The number of amides is 2. The standard InChI is InChI=1S/C17H17N3O3/c1-13(10-14-6-3-2-4-7-14)11-19-20-16(21)12-18-17(22)15-8-5-9-23-15/h2-11H,12H2,1H3,(H,18,22)(H,20,21)/b13-10+,19-11-. The number of rotatable bonds is 6. The van der Waals surface area contributed by atoms with Crippen LogP contribution in [-0.4, -0.2) is 24.6 Å². The van der Waals surface area contributed by atoms with E-state index in [1.807, 2.05) is 43.3 Å². The molecular weight excluding hydrogens is 294 g/mol. The highest BCUT2D eigenvalue weighted by atomic mass is 16.3. The molecule has 0 fully saturated rings. The molecule has 0 aliphatic heterocycles. The van der Waals surface area contributed by atoms with Gasteiger partial charge in [-0.15, -0.1) is 0 Å². The van der Waals surface area contributed by atoms with Crippen LogP contribution in [0.2, 0.25) is 0 Å². The third-order valence-electron chi connectivity index (χ3n) is 2.81. The average Bonchev–Trinajstić information content (AvgIpc) is 3.08. The number of hydrazone groups is 1.